The number of aromatic carboxylic acids is 1. The highest BCUT2D eigenvalue weighted by Crippen LogP contribution is 2.21. The average Bonchev–Trinajstić information content (AvgIpc) is 2.26. The van der Waals surface area contributed by atoms with Gasteiger partial charge in [-0.15, -0.1) is 0 Å². The number of esters is 1. The van der Waals surface area contributed by atoms with Crippen LogP contribution in [-0.2, 0) is 9.53 Å². The third-order valence-electron chi connectivity index (χ3n) is 2.39. The molecule has 4 nitrogen and oxygen atoms in total. The molecule has 1 aromatic carbocycles. The zero-order valence-electron chi connectivity index (χ0n) is 11.1. The summed E-state index contributed by atoms with van der Waals surface area (Å²) in [6.07, 6.45) is 0. The first kappa shape index (κ1) is 14.2. The number of benzene rings is 1. The van der Waals surface area contributed by atoms with Gasteiger partial charge in [0.2, 0.25) is 0 Å². The average molecular weight is 250 g/mol. The van der Waals surface area contributed by atoms with Crippen LogP contribution in [0.25, 0.3) is 0 Å². The monoisotopic (exact) mass is 250 g/mol. The fourth-order valence-electron chi connectivity index (χ4n) is 1.47. The van der Waals surface area contributed by atoms with Gasteiger partial charge in [-0.3, -0.25) is 4.79 Å². The maximum Gasteiger partial charge on any atom is 0.335 e. The maximum atomic E-state index is 11.9. The second-order valence-corrected chi connectivity index (χ2v) is 5.19. The number of carboxylic acid groups (broad SMARTS) is 1. The van der Waals surface area contributed by atoms with Gasteiger partial charge in [0.05, 0.1) is 11.5 Å². The minimum atomic E-state index is -1.01. The summed E-state index contributed by atoms with van der Waals surface area (Å²) in [5.41, 5.74) is 0.266. The van der Waals surface area contributed by atoms with Crippen LogP contribution in [0.4, 0.5) is 0 Å². The van der Waals surface area contributed by atoms with Gasteiger partial charge in [-0.25, -0.2) is 4.79 Å². The lowest BCUT2D eigenvalue weighted by molar-refractivity contribution is -0.156. The molecule has 1 N–H and O–H groups in total. The van der Waals surface area contributed by atoms with Crippen LogP contribution in [0.15, 0.2) is 24.3 Å². The summed E-state index contributed by atoms with van der Waals surface area (Å²) in [5.74, 6) is -1.85. The first-order chi connectivity index (χ1) is 8.20. The Labute approximate surface area is 107 Å². The Hall–Kier alpha value is -1.84. The molecule has 0 aromatic heterocycles. The molecule has 1 atom stereocenters. The normalized spacial score (nSPS) is 12.9. The molecule has 1 rings (SSSR count). The molecule has 4 heteroatoms. The number of hydrogen-bond acceptors (Lipinski definition) is 3. The predicted molar refractivity (Wildman–Crippen MR) is 67.7 cm³/mol. The van der Waals surface area contributed by atoms with Gasteiger partial charge in [0.15, 0.2) is 0 Å². The topological polar surface area (TPSA) is 63.6 Å². The van der Waals surface area contributed by atoms with Crippen LogP contribution in [0.2, 0.25) is 0 Å². The SMILES string of the molecule is C[C@H](C(=O)OC(C)(C)C)c1cccc(C(=O)O)c1. The molecular formula is C14H18O4. The Bertz CT molecular complexity index is 457. The van der Waals surface area contributed by atoms with E-state index in [-0.39, 0.29) is 11.5 Å². The van der Waals surface area contributed by atoms with Gasteiger partial charge in [0.1, 0.15) is 5.60 Å². The lowest BCUT2D eigenvalue weighted by Crippen LogP contribution is -2.26. The molecule has 1 aromatic rings. The highest BCUT2D eigenvalue weighted by Gasteiger charge is 2.23. The second-order valence-electron chi connectivity index (χ2n) is 5.19. The van der Waals surface area contributed by atoms with Crippen molar-refractivity contribution in [2.75, 3.05) is 0 Å². The Morgan fingerprint density at radius 2 is 1.89 bits per heavy atom. The van der Waals surface area contributed by atoms with Crippen molar-refractivity contribution in [1.29, 1.82) is 0 Å². The number of ether oxygens (including phenoxy) is 1. The van der Waals surface area contributed by atoms with Gasteiger partial charge in [0, 0.05) is 0 Å². The molecule has 0 radical (unpaired) electrons. The van der Waals surface area contributed by atoms with Crippen molar-refractivity contribution in [3.63, 3.8) is 0 Å². The Morgan fingerprint density at radius 1 is 1.28 bits per heavy atom. The number of carbonyl (C=O) groups excluding carboxylic acids is 1. The fraction of sp³-hybridized carbons (Fsp3) is 0.429. The van der Waals surface area contributed by atoms with Gasteiger partial charge in [-0.05, 0) is 45.4 Å². The van der Waals surface area contributed by atoms with E-state index in [9.17, 15) is 9.59 Å². The van der Waals surface area contributed by atoms with E-state index in [2.05, 4.69) is 0 Å². The van der Waals surface area contributed by atoms with Gasteiger partial charge >= 0.3 is 11.9 Å². The first-order valence-corrected chi connectivity index (χ1v) is 5.77. The molecular weight excluding hydrogens is 232 g/mol. The molecule has 0 aliphatic heterocycles. The smallest absolute Gasteiger partial charge is 0.335 e. The summed E-state index contributed by atoms with van der Waals surface area (Å²) in [7, 11) is 0. The number of carbonyl (C=O) groups is 2. The Morgan fingerprint density at radius 3 is 2.39 bits per heavy atom. The summed E-state index contributed by atoms with van der Waals surface area (Å²) in [5, 5.41) is 8.90. The lowest BCUT2D eigenvalue weighted by atomic mass is 9.99. The quantitative estimate of drug-likeness (QED) is 0.838. The van der Waals surface area contributed by atoms with Gasteiger partial charge < -0.3 is 9.84 Å². The van der Waals surface area contributed by atoms with E-state index < -0.39 is 17.5 Å². The lowest BCUT2D eigenvalue weighted by Gasteiger charge is -2.22. The molecule has 98 valence electrons. The fourth-order valence-corrected chi connectivity index (χ4v) is 1.47. The Balaban J connectivity index is 2.90. The van der Waals surface area contributed by atoms with Gasteiger partial charge in [0.25, 0.3) is 0 Å². The molecule has 0 saturated heterocycles. The largest absolute Gasteiger partial charge is 0.478 e. The standard InChI is InChI=1S/C14H18O4/c1-9(13(17)18-14(2,3)4)10-6-5-7-11(8-10)12(15)16/h5-9H,1-4H3,(H,15,16)/t9-/m0/s1. The minimum absolute atomic E-state index is 0.169. The Kier molecular flexibility index (Phi) is 4.11. The zero-order valence-corrected chi connectivity index (χ0v) is 11.1. The predicted octanol–water partition coefficient (Wildman–Crippen LogP) is 2.83. The van der Waals surface area contributed by atoms with Crippen LogP contribution in [-0.4, -0.2) is 22.6 Å². The van der Waals surface area contributed by atoms with Crippen molar-refractivity contribution >= 4 is 11.9 Å². The maximum absolute atomic E-state index is 11.9. The highest BCUT2D eigenvalue weighted by molar-refractivity contribution is 5.88. The molecule has 0 spiro atoms. The molecule has 0 unspecified atom stereocenters. The van der Waals surface area contributed by atoms with E-state index in [1.165, 1.54) is 12.1 Å². The molecule has 18 heavy (non-hydrogen) atoms. The van der Waals surface area contributed by atoms with E-state index in [4.69, 9.17) is 9.84 Å². The van der Waals surface area contributed by atoms with E-state index in [1.54, 1.807) is 39.8 Å². The molecule has 0 amide bonds. The van der Waals surface area contributed by atoms with Gasteiger partial charge in [-0.2, -0.15) is 0 Å². The van der Waals surface area contributed by atoms with Crippen LogP contribution in [0.3, 0.4) is 0 Å². The van der Waals surface area contributed by atoms with Crippen LogP contribution in [0, 0.1) is 0 Å². The van der Waals surface area contributed by atoms with Crippen molar-refractivity contribution in [1.82, 2.24) is 0 Å². The minimum Gasteiger partial charge on any atom is -0.478 e. The number of hydrogen-bond donors (Lipinski definition) is 1. The third kappa shape index (κ3) is 3.87. The van der Waals surface area contributed by atoms with E-state index in [0.717, 1.165) is 0 Å². The summed E-state index contributed by atoms with van der Waals surface area (Å²) in [4.78, 5) is 22.7. The van der Waals surface area contributed by atoms with E-state index in [0.29, 0.717) is 5.56 Å². The second kappa shape index (κ2) is 5.21. The number of carboxylic acids is 1. The number of rotatable bonds is 3. The summed E-state index contributed by atoms with van der Waals surface area (Å²) in [6.45, 7) is 7.09. The summed E-state index contributed by atoms with van der Waals surface area (Å²) >= 11 is 0. The van der Waals surface area contributed by atoms with Crippen molar-refractivity contribution in [2.45, 2.75) is 39.2 Å². The van der Waals surface area contributed by atoms with Crippen molar-refractivity contribution in [3.8, 4) is 0 Å². The highest BCUT2D eigenvalue weighted by atomic mass is 16.6. The molecule has 0 fully saturated rings. The third-order valence-corrected chi connectivity index (χ3v) is 2.39. The summed E-state index contributed by atoms with van der Waals surface area (Å²) < 4.78 is 5.27. The van der Waals surface area contributed by atoms with Crippen molar-refractivity contribution in [2.24, 2.45) is 0 Å². The van der Waals surface area contributed by atoms with Crippen LogP contribution in [0.5, 0.6) is 0 Å². The summed E-state index contributed by atoms with van der Waals surface area (Å²) in [6, 6.07) is 6.34. The van der Waals surface area contributed by atoms with Crippen LogP contribution < -0.4 is 0 Å². The van der Waals surface area contributed by atoms with Crippen LogP contribution in [0.1, 0.15) is 49.5 Å². The first-order valence-electron chi connectivity index (χ1n) is 5.77. The molecule has 0 aliphatic rings. The molecule has 0 aliphatic carbocycles. The van der Waals surface area contributed by atoms with Crippen molar-refractivity contribution in [3.05, 3.63) is 35.4 Å². The van der Waals surface area contributed by atoms with Gasteiger partial charge in [-0.1, -0.05) is 12.1 Å². The molecule has 0 bridgehead atoms. The molecule has 0 saturated carbocycles. The molecule has 0 heterocycles. The van der Waals surface area contributed by atoms with E-state index in [1.807, 2.05) is 0 Å². The van der Waals surface area contributed by atoms with E-state index >= 15 is 0 Å². The van der Waals surface area contributed by atoms with Crippen molar-refractivity contribution < 1.29 is 19.4 Å². The van der Waals surface area contributed by atoms with Crippen LogP contribution >= 0.6 is 0 Å². The zero-order chi connectivity index (χ0) is 13.9.